The van der Waals surface area contributed by atoms with Crippen LogP contribution in [-0.2, 0) is 0 Å². The third-order valence-electron chi connectivity index (χ3n) is 2.40. The zero-order valence-electron chi connectivity index (χ0n) is 9.75. The standard InChI is InChI=1S/C12H17F2NO2/c1-12(16,8-15)3-2-4-17-11-6-9(13)5-10(14)7-11/h5-7,16H,2-4,8,15H2,1H3. The van der Waals surface area contributed by atoms with Gasteiger partial charge < -0.3 is 15.6 Å². The molecule has 0 bridgehead atoms. The highest BCUT2D eigenvalue weighted by atomic mass is 19.1. The van der Waals surface area contributed by atoms with E-state index in [1.165, 1.54) is 0 Å². The Hall–Kier alpha value is -1.20. The van der Waals surface area contributed by atoms with Crippen molar-refractivity contribution in [1.29, 1.82) is 0 Å². The molecule has 1 rings (SSSR count). The first kappa shape index (κ1) is 13.9. The first-order valence-corrected chi connectivity index (χ1v) is 5.44. The highest BCUT2D eigenvalue weighted by molar-refractivity contribution is 5.23. The number of rotatable bonds is 6. The second kappa shape index (κ2) is 5.93. The quantitative estimate of drug-likeness (QED) is 0.752. The van der Waals surface area contributed by atoms with Crippen molar-refractivity contribution in [2.75, 3.05) is 13.2 Å². The fraction of sp³-hybridized carbons (Fsp3) is 0.500. The van der Waals surface area contributed by atoms with Gasteiger partial charge in [-0.25, -0.2) is 8.78 Å². The third-order valence-corrected chi connectivity index (χ3v) is 2.40. The summed E-state index contributed by atoms with van der Waals surface area (Å²) in [6.45, 7) is 2.08. The summed E-state index contributed by atoms with van der Waals surface area (Å²) in [6.07, 6.45) is 1.03. The second-order valence-corrected chi connectivity index (χ2v) is 4.26. The fourth-order valence-corrected chi connectivity index (χ4v) is 1.36. The van der Waals surface area contributed by atoms with Crippen LogP contribution >= 0.6 is 0 Å². The molecule has 0 radical (unpaired) electrons. The van der Waals surface area contributed by atoms with E-state index in [-0.39, 0.29) is 18.9 Å². The molecule has 96 valence electrons. The average Bonchev–Trinajstić information content (AvgIpc) is 2.23. The summed E-state index contributed by atoms with van der Waals surface area (Å²) in [4.78, 5) is 0. The number of halogens is 2. The lowest BCUT2D eigenvalue weighted by Crippen LogP contribution is -2.34. The molecule has 0 aromatic heterocycles. The normalized spacial score (nSPS) is 14.4. The maximum Gasteiger partial charge on any atom is 0.129 e. The predicted octanol–water partition coefficient (Wildman–Crippen LogP) is 1.83. The minimum absolute atomic E-state index is 0.148. The fourth-order valence-electron chi connectivity index (χ4n) is 1.36. The maximum atomic E-state index is 12.8. The van der Waals surface area contributed by atoms with Crippen molar-refractivity contribution in [3.8, 4) is 5.75 Å². The van der Waals surface area contributed by atoms with Crippen molar-refractivity contribution in [2.45, 2.75) is 25.4 Å². The molecule has 0 fully saturated rings. The lowest BCUT2D eigenvalue weighted by atomic mass is 10.0. The van der Waals surface area contributed by atoms with E-state index in [0.717, 1.165) is 18.2 Å². The largest absolute Gasteiger partial charge is 0.493 e. The van der Waals surface area contributed by atoms with Gasteiger partial charge >= 0.3 is 0 Å². The molecule has 3 N–H and O–H groups in total. The molecule has 0 aliphatic heterocycles. The van der Waals surface area contributed by atoms with E-state index in [1.807, 2.05) is 0 Å². The molecule has 0 amide bonds. The number of nitrogens with two attached hydrogens (primary N) is 1. The Kier molecular flexibility index (Phi) is 4.84. The van der Waals surface area contributed by atoms with Gasteiger partial charge in [0.2, 0.25) is 0 Å². The Bertz CT molecular complexity index is 349. The van der Waals surface area contributed by atoms with E-state index >= 15 is 0 Å². The molecule has 1 unspecified atom stereocenters. The molecule has 5 heteroatoms. The molecule has 0 heterocycles. The van der Waals surface area contributed by atoms with Gasteiger partial charge in [-0.3, -0.25) is 0 Å². The van der Waals surface area contributed by atoms with Gasteiger partial charge in [0.15, 0.2) is 0 Å². The van der Waals surface area contributed by atoms with E-state index in [2.05, 4.69) is 0 Å². The van der Waals surface area contributed by atoms with Crippen molar-refractivity contribution in [3.63, 3.8) is 0 Å². The Balaban J connectivity index is 2.36. The second-order valence-electron chi connectivity index (χ2n) is 4.26. The van der Waals surface area contributed by atoms with Gasteiger partial charge in [-0.2, -0.15) is 0 Å². The molecule has 1 atom stereocenters. The summed E-state index contributed by atoms with van der Waals surface area (Å²) in [5, 5.41) is 9.61. The number of benzene rings is 1. The van der Waals surface area contributed by atoms with Crippen LogP contribution in [0.3, 0.4) is 0 Å². The maximum absolute atomic E-state index is 12.8. The highest BCUT2D eigenvalue weighted by Gasteiger charge is 2.16. The summed E-state index contributed by atoms with van der Waals surface area (Å²) >= 11 is 0. The van der Waals surface area contributed by atoms with Crippen LogP contribution in [0.2, 0.25) is 0 Å². The molecule has 0 saturated heterocycles. The van der Waals surface area contributed by atoms with Crippen LogP contribution in [0, 0.1) is 11.6 Å². The smallest absolute Gasteiger partial charge is 0.129 e. The minimum atomic E-state index is -0.920. The van der Waals surface area contributed by atoms with E-state index in [0.29, 0.717) is 12.8 Å². The molecular weight excluding hydrogens is 228 g/mol. The van der Waals surface area contributed by atoms with E-state index in [9.17, 15) is 13.9 Å². The Morgan fingerprint density at radius 3 is 2.41 bits per heavy atom. The number of hydrogen-bond donors (Lipinski definition) is 2. The molecule has 1 aromatic rings. The number of ether oxygens (including phenoxy) is 1. The monoisotopic (exact) mass is 245 g/mol. The molecule has 17 heavy (non-hydrogen) atoms. The molecule has 0 aliphatic carbocycles. The van der Waals surface area contributed by atoms with E-state index in [4.69, 9.17) is 10.5 Å². The summed E-state index contributed by atoms with van der Waals surface area (Å²) < 4.78 is 30.8. The van der Waals surface area contributed by atoms with Gasteiger partial charge in [0.25, 0.3) is 0 Å². The molecule has 0 spiro atoms. The first-order valence-electron chi connectivity index (χ1n) is 5.44. The van der Waals surface area contributed by atoms with Crippen LogP contribution in [0.5, 0.6) is 5.75 Å². The SMILES string of the molecule is CC(O)(CN)CCCOc1cc(F)cc(F)c1. The summed E-state index contributed by atoms with van der Waals surface area (Å²) in [7, 11) is 0. The van der Waals surface area contributed by atoms with Gasteiger partial charge in [0.05, 0.1) is 12.2 Å². The van der Waals surface area contributed by atoms with Crippen molar-refractivity contribution >= 4 is 0 Å². The lowest BCUT2D eigenvalue weighted by Gasteiger charge is -2.20. The van der Waals surface area contributed by atoms with Crippen LogP contribution in [0.15, 0.2) is 18.2 Å². The van der Waals surface area contributed by atoms with Crippen molar-refractivity contribution < 1.29 is 18.6 Å². The molecule has 0 saturated carbocycles. The van der Waals surface area contributed by atoms with Crippen LogP contribution in [-0.4, -0.2) is 23.9 Å². The van der Waals surface area contributed by atoms with Gasteiger partial charge in [-0.05, 0) is 19.8 Å². The average molecular weight is 245 g/mol. The Morgan fingerprint density at radius 1 is 1.29 bits per heavy atom. The highest BCUT2D eigenvalue weighted by Crippen LogP contribution is 2.16. The zero-order valence-corrected chi connectivity index (χ0v) is 9.75. The van der Waals surface area contributed by atoms with Crippen molar-refractivity contribution in [1.82, 2.24) is 0 Å². The van der Waals surface area contributed by atoms with Gasteiger partial charge in [0.1, 0.15) is 17.4 Å². The van der Waals surface area contributed by atoms with Crippen LogP contribution in [0.4, 0.5) is 8.78 Å². The molecule has 3 nitrogen and oxygen atoms in total. The first-order chi connectivity index (χ1) is 7.93. The van der Waals surface area contributed by atoms with E-state index < -0.39 is 17.2 Å². The summed E-state index contributed by atoms with van der Waals surface area (Å²) in [5.74, 6) is -1.20. The molecular formula is C12H17F2NO2. The summed E-state index contributed by atoms with van der Waals surface area (Å²) in [6, 6.07) is 3.01. The zero-order chi connectivity index (χ0) is 12.9. The van der Waals surface area contributed by atoms with Crippen LogP contribution < -0.4 is 10.5 Å². The Morgan fingerprint density at radius 2 is 1.88 bits per heavy atom. The van der Waals surface area contributed by atoms with Crippen LogP contribution in [0.25, 0.3) is 0 Å². The number of aliphatic hydroxyl groups is 1. The topological polar surface area (TPSA) is 55.5 Å². The molecule has 1 aromatic carbocycles. The predicted molar refractivity (Wildman–Crippen MR) is 60.8 cm³/mol. The Labute approximate surface area is 99.2 Å². The van der Waals surface area contributed by atoms with Crippen molar-refractivity contribution in [3.05, 3.63) is 29.8 Å². The van der Waals surface area contributed by atoms with Crippen LogP contribution in [0.1, 0.15) is 19.8 Å². The minimum Gasteiger partial charge on any atom is -0.493 e. The van der Waals surface area contributed by atoms with Crippen molar-refractivity contribution in [2.24, 2.45) is 5.73 Å². The molecule has 0 aliphatic rings. The summed E-state index contributed by atoms with van der Waals surface area (Å²) in [5.41, 5.74) is 4.43. The lowest BCUT2D eigenvalue weighted by molar-refractivity contribution is 0.0535. The third kappa shape index (κ3) is 5.10. The van der Waals surface area contributed by atoms with Gasteiger partial charge in [-0.15, -0.1) is 0 Å². The van der Waals surface area contributed by atoms with Gasteiger partial charge in [0, 0.05) is 24.7 Å². The number of hydrogen-bond acceptors (Lipinski definition) is 3. The van der Waals surface area contributed by atoms with E-state index in [1.54, 1.807) is 6.92 Å². The van der Waals surface area contributed by atoms with Gasteiger partial charge in [-0.1, -0.05) is 0 Å².